The minimum absolute atomic E-state index is 0.126. The minimum atomic E-state index is 0.126. The quantitative estimate of drug-likeness (QED) is 0.931. The molecule has 25 heavy (non-hydrogen) atoms. The number of piperidine rings is 1. The van der Waals surface area contributed by atoms with Gasteiger partial charge in [0.25, 0.3) is 5.91 Å². The number of likely N-dealkylation sites (tertiary alicyclic amines) is 1. The molecule has 3 rings (SSSR count). The second-order valence-corrected chi connectivity index (χ2v) is 7.27. The SMILES string of the molecule is Cc1cc(C)n(Cc2ccc(C(=O)N3CCC(C(C)N)CC3)cc2)n1. The summed E-state index contributed by atoms with van der Waals surface area (Å²) in [6.07, 6.45) is 2.00. The van der Waals surface area contributed by atoms with E-state index in [4.69, 9.17) is 5.73 Å². The van der Waals surface area contributed by atoms with E-state index in [0.29, 0.717) is 5.92 Å². The number of aromatic nitrogens is 2. The lowest BCUT2D eigenvalue weighted by molar-refractivity contribution is 0.0681. The summed E-state index contributed by atoms with van der Waals surface area (Å²) in [7, 11) is 0. The van der Waals surface area contributed by atoms with Gasteiger partial charge >= 0.3 is 0 Å². The summed E-state index contributed by atoms with van der Waals surface area (Å²) < 4.78 is 1.99. The van der Waals surface area contributed by atoms with Crippen molar-refractivity contribution in [3.8, 4) is 0 Å². The van der Waals surface area contributed by atoms with Gasteiger partial charge in [-0.2, -0.15) is 5.10 Å². The molecule has 1 unspecified atom stereocenters. The number of nitrogens with two attached hydrogens (primary N) is 1. The van der Waals surface area contributed by atoms with E-state index in [9.17, 15) is 4.79 Å². The third-order valence-electron chi connectivity index (χ3n) is 5.21. The Morgan fingerprint density at radius 3 is 2.40 bits per heavy atom. The smallest absolute Gasteiger partial charge is 0.253 e. The Morgan fingerprint density at radius 1 is 1.24 bits per heavy atom. The normalized spacial score (nSPS) is 16.9. The van der Waals surface area contributed by atoms with Crippen LogP contribution in [0.3, 0.4) is 0 Å². The third-order valence-corrected chi connectivity index (χ3v) is 5.21. The van der Waals surface area contributed by atoms with Crippen molar-refractivity contribution in [2.45, 2.75) is 46.2 Å². The van der Waals surface area contributed by atoms with E-state index >= 15 is 0 Å². The largest absolute Gasteiger partial charge is 0.339 e. The first-order valence-corrected chi connectivity index (χ1v) is 9.09. The highest BCUT2D eigenvalue weighted by molar-refractivity contribution is 5.94. The van der Waals surface area contributed by atoms with Crippen LogP contribution in [-0.4, -0.2) is 39.7 Å². The summed E-state index contributed by atoms with van der Waals surface area (Å²) in [5.41, 5.74) is 10.1. The Morgan fingerprint density at radius 2 is 1.88 bits per heavy atom. The summed E-state index contributed by atoms with van der Waals surface area (Å²) in [5.74, 6) is 0.660. The molecular weight excluding hydrogens is 312 g/mol. The van der Waals surface area contributed by atoms with Crippen LogP contribution >= 0.6 is 0 Å². The molecule has 1 aliphatic heterocycles. The number of amides is 1. The van der Waals surface area contributed by atoms with E-state index in [1.807, 2.05) is 40.8 Å². The third kappa shape index (κ3) is 4.10. The average Bonchev–Trinajstić information content (AvgIpc) is 2.92. The maximum atomic E-state index is 12.7. The maximum Gasteiger partial charge on any atom is 0.253 e. The highest BCUT2D eigenvalue weighted by atomic mass is 16.2. The standard InChI is InChI=1S/C20H28N4O/c1-14-12-15(2)24(22-14)13-17-4-6-19(7-5-17)20(25)23-10-8-18(9-11-23)16(3)21/h4-7,12,16,18H,8-11,13,21H2,1-3H3. The Kier molecular flexibility index (Phi) is 5.23. The van der Waals surface area contributed by atoms with Gasteiger partial charge in [0.1, 0.15) is 0 Å². The van der Waals surface area contributed by atoms with Crippen LogP contribution < -0.4 is 5.73 Å². The number of aryl methyl sites for hydroxylation is 2. The number of hydrogen-bond acceptors (Lipinski definition) is 3. The van der Waals surface area contributed by atoms with Crippen LogP contribution in [0.15, 0.2) is 30.3 Å². The van der Waals surface area contributed by atoms with Crippen LogP contribution in [0.2, 0.25) is 0 Å². The molecule has 1 aromatic heterocycles. The summed E-state index contributed by atoms with van der Waals surface area (Å²) in [4.78, 5) is 14.6. The molecule has 5 heteroatoms. The van der Waals surface area contributed by atoms with Gasteiger partial charge in [-0.05, 0) is 63.3 Å². The van der Waals surface area contributed by atoms with Crippen molar-refractivity contribution in [1.29, 1.82) is 0 Å². The second-order valence-electron chi connectivity index (χ2n) is 7.27. The molecule has 0 bridgehead atoms. The van der Waals surface area contributed by atoms with Gasteiger partial charge < -0.3 is 10.6 Å². The molecule has 1 saturated heterocycles. The average molecular weight is 340 g/mol. The van der Waals surface area contributed by atoms with Gasteiger partial charge in [0, 0.05) is 30.4 Å². The van der Waals surface area contributed by atoms with E-state index in [1.165, 1.54) is 0 Å². The molecule has 134 valence electrons. The fourth-order valence-electron chi connectivity index (χ4n) is 3.57. The highest BCUT2D eigenvalue weighted by Crippen LogP contribution is 2.21. The Labute approximate surface area is 149 Å². The van der Waals surface area contributed by atoms with Gasteiger partial charge in [-0.1, -0.05) is 12.1 Å². The zero-order chi connectivity index (χ0) is 18.0. The summed E-state index contributed by atoms with van der Waals surface area (Å²) >= 11 is 0. The molecule has 2 aromatic rings. The van der Waals surface area contributed by atoms with Crippen LogP contribution in [0.25, 0.3) is 0 Å². The lowest BCUT2D eigenvalue weighted by Gasteiger charge is -2.33. The molecule has 1 atom stereocenters. The predicted octanol–water partition coefficient (Wildman–Crippen LogP) is 2.75. The minimum Gasteiger partial charge on any atom is -0.339 e. The van der Waals surface area contributed by atoms with Crippen molar-refractivity contribution in [1.82, 2.24) is 14.7 Å². The summed E-state index contributed by atoms with van der Waals surface area (Å²) in [6.45, 7) is 8.46. The van der Waals surface area contributed by atoms with Crippen molar-refractivity contribution < 1.29 is 4.79 Å². The van der Waals surface area contributed by atoms with Gasteiger partial charge in [-0.3, -0.25) is 9.48 Å². The fraction of sp³-hybridized carbons (Fsp3) is 0.500. The van der Waals surface area contributed by atoms with Crippen LogP contribution in [-0.2, 0) is 6.54 Å². The number of rotatable bonds is 4. The van der Waals surface area contributed by atoms with E-state index in [-0.39, 0.29) is 11.9 Å². The Hall–Kier alpha value is -2.14. The topological polar surface area (TPSA) is 64.2 Å². The Balaban J connectivity index is 1.62. The van der Waals surface area contributed by atoms with E-state index in [1.54, 1.807) is 0 Å². The number of carbonyl (C=O) groups is 1. The maximum absolute atomic E-state index is 12.7. The lowest BCUT2D eigenvalue weighted by atomic mass is 9.90. The van der Waals surface area contributed by atoms with E-state index < -0.39 is 0 Å². The van der Waals surface area contributed by atoms with Gasteiger partial charge in [0.15, 0.2) is 0 Å². The first kappa shape index (κ1) is 17.7. The van der Waals surface area contributed by atoms with Crippen molar-refractivity contribution in [3.05, 3.63) is 52.8 Å². The molecule has 2 heterocycles. The van der Waals surface area contributed by atoms with Crippen molar-refractivity contribution in [3.63, 3.8) is 0 Å². The van der Waals surface area contributed by atoms with E-state index in [0.717, 1.165) is 55.0 Å². The van der Waals surface area contributed by atoms with Crippen molar-refractivity contribution >= 4 is 5.91 Å². The van der Waals surface area contributed by atoms with Crippen LogP contribution in [0.4, 0.5) is 0 Å². The highest BCUT2D eigenvalue weighted by Gasteiger charge is 2.25. The molecule has 0 radical (unpaired) electrons. The van der Waals surface area contributed by atoms with Gasteiger partial charge in [-0.25, -0.2) is 0 Å². The molecule has 1 amide bonds. The van der Waals surface area contributed by atoms with Crippen molar-refractivity contribution in [2.24, 2.45) is 11.7 Å². The lowest BCUT2D eigenvalue weighted by Crippen LogP contribution is -2.42. The monoisotopic (exact) mass is 340 g/mol. The van der Waals surface area contributed by atoms with E-state index in [2.05, 4.69) is 25.0 Å². The van der Waals surface area contributed by atoms with Gasteiger partial charge in [0.05, 0.1) is 12.2 Å². The van der Waals surface area contributed by atoms with Crippen LogP contribution in [0.5, 0.6) is 0 Å². The second kappa shape index (κ2) is 7.40. The molecule has 1 aliphatic rings. The summed E-state index contributed by atoms with van der Waals surface area (Å²) in [5, 5.41) is 4.49. The molecule has 1 fully saturated rings. The first-order chi connectivity index (χ1) is 11.9. The number of carbonyl (C=O) groups excluding carboxylic acids is 1. The molecule has 2 N–H and O–H groups in total. The molecular formula is C20H28N4O. The first-order valence-electron chi connectivity index (χ1n) is 9.09. The van der Waals surface area contributed by atoms with Gasteiger partial charge in [0.2, 0.25) is 0 Å². The molecule has 1 aromatic carbocycles. The zero-order valence-electron chi connectivity index (χ0n) is 15.4. The predicted molar refractivity (Wildman–Crippen MR) is 99.5 cm³/mol. The fourth-order valence-corrected chi connectivity index (χ4v) is 3.57. The number of benzene rings is 1. The number of nitrogens with zero attached hydrogens (tertiary/aromatic N) is 3. The van der Waals surface area contributed by atoms with Crippen LogP contribution in [0, 0.1) is 19.8 Å². The molecule has 0 spiro atoms. The molecule has 0 aliphatic carbocycles. The van der Waals surface area contributed by atoms with Crippen LogP contribution in [0.1, 0.15) is 47.1 Å². The molecule has 0 saturated carbocycles. The molecule has 5 nitrogen and oxygen atoms in total. The zero-order valence-corrected chi connectivity index (χ0v) is 15.4. The summed E-state index contributed by atoms with van der Waals surface area (Å²) in [6, 6.07) is 10.2. The van der Waals surface area contributed by atoms with Gasteiger partial charge in [-0.15, -0.1) is 0 Å². The number of hydrogen-bond donors (Lipinski definition) is 1. The van der Waals surface area contributed by atoms with Crippen molar-refractivity contribution in [2.75, 3.05) is 13.1 Å². The Bertz CT molecular complexity index is 725.